The molecule has 0 amide bonds. The fourth-order valence-electron chi connectivity index (χ4n) is 3.23. The maximum atomic E-state index is 6.21. The molecule has 6 heteroatoms. The summed E-state index contributed by atoms with van der Waals surface area (Å²) in [5.74, 6) is 0.425. The topological polar surface area (TPSA) is 68.2 Å². The molecule has 0 unspecified atom stereocenters. The first kappa shape index (κ1) is 21.9. The van der Waals surface area contributed by atoms with Gasteiger partial charge in [0.15, 0.2) is 5.96 Å². The van der Waals surface area contributed by atoms with Crippen molar-refractivity contribution in [3.63, 3.8) is 0 Å². The van der Waals surface area contributed by atoms with Gasteiger partial charge in [-0.15, -0.1) is 24.0 Å². The zero-order valence-corrected chi connectivity index (χ0v) is 19.0. The van der Waals surface area contributed by atoms with E-state index in [1.54, 1.807) is 0 Å². The molecule has 1 aromatic heterocycles. The molecular weight excluding hydrogens is 461 g/mol. The zero-order chi connectivity index (χ0) is 19.2. The molecule has 148 valence electrons. The van der Waals surface area contributed by atoms with E-state index in [-0.39, 0.29) is 24.0 Å². The third kappa shape index (κ3) is 5.13. The van der Waals surface area contributed by atoms with Crippen molar-refractivity contribution in [2.75, 3.05) is 5.32 Å². The van der Waals surface area contributed by atoms with Gasteiger partial charge in [-0.3, -0.25) is 4.68 Å². The molecule has 0 aliphatic carbocycles. The van der Waals surface area contributed by atoms with Crippen molar-refractivity contribution in [1.82, 2.24) is 9.78 Å². The second-order valence-electron chi connectivity index (χ2n) is 6.53. The van der Waals surface area contributed by atoms with Crippen LogP contribution in [-0.2, 0) is 26.4 Å². The molecule has 0 atom stereocenters. The highest BCUT2D eigenvalue weighted by Crippen LogP contribution is 2.24. The number of benzene rings is 2. The van der Waals surface area contributed by atoms with E-state index < -0.39 is 0 Å². The van der Waals surface area contributed by atoms with Crippen LogP contribution in [0.5, 0.6) is 0 Å². The fraction of sp³-hybridized carbons (Fsp3) is 0.273. The number of halogens is 1. The molecule has 3 N–H and O–H groups in total. The van der Waals surface area contributed by atoms with Gasteiger partial charge in [-0.2, -0.15) is 5.10 Å². The average Bonchev–Trinajstić information content (AvgIpc) is 3.08. The Balaban J connectivity index is 0.00000280. The minimum absolute atomic E-state index is 0. The van der Waals surface area contributed by atoms with Gasteiger partial charge in [-0.05, 0) is 24.0 Å². The standard InChI is InChI=1S/C22H27N5.HI/c1-4-16-12-9-13-17(5-2)20(16)25-22(23)24-14-19-15-27(3)26-21(19)18-10-7-6-8-11-18;/h6-13,15H,4-5,14H2,1-3H3,(H3,23,24,25);1H. The van der Waals surface area contributed by atoms with E-state index >= 15 is 0 Å². The van der Waals surface area contributed by atoms with Crippen molar-refractivity contribution in [3.05, 3.63) is 71.4 Å². The Morgan fingerprint density at radius 2 is 1.64 bits per heavy atom. The van der Waals surface area contributed by atoms with Crippen molar-refractivity contribution in [2.24, 2.45) is 17.8 Å². The molecule has 3 aromatic rings. The van der Waals surface area contributed by atoms with E-state index in [1.807, 2.05) is 36.1 Å². The van der Waals surface area contributed by atoms with Gasteiger partial charge in [-0.1, -0.05) is 62.4 Å². The van der Waals surface area contributed by atoms with Crippen molar-refractivity contribution in [3.8, 4) is 11.3 Å². The average molecular weight is 489 g/mol. The number of rotatable bonds is 6. The maximum Gasteiger partial charge on any atom is 0.193 e. The number of guanidine groups is 1. The third-order valence-corrected chi connectivity index (χ3v) is 4.62. The summed E-state index contributed by atoms with van der Waals surface area (Å²) in [5.41, 5.74) is 12.9. The minimum Gasteiger partial charge on any atom is -0.370 e. The minimum atomic E-state index is 0. The predicted octanol–water partition coefficient (Wildman–Crippen LogP) is 4.76. The first-order valence-corrected chi connectivity index (χ1v) is 9.38. The van der Waals surface area contributed by atoms with E-state index in [0.717, 1.165) is 35.3 Å². The Morgan fingerprint density at radius 1 is 1.00 bits per heavy atom. The second-order valence-corrected chi connectivity index (χ2v) is 6.53. The summed E-state index contributed by atoms with van der Waals surface area (Å²) in [6, 6.07) is 16.5. The lowest BCUT2D eigenvalue weighted by Gasteiger charge is -2.14. The number of aryl methyl sites for hydroxylation is 3. The van der Waals surface area contributed by atoms with Gasteiger partial charge in [0.2, 0.25) is 0 Å². The van der Waals surface area contributed by atoms with Crippen LogP contribution in [0.2, 0.25) is 0 Å². The fourth-order valence-corrected chi connectivity index (χ4v) is 3.23. The normalized spacial score (nSPS) is 11.2. The molecule has 5 nitrogen and oxygen atoms in total. The Hall–Kier alpha value is -2.35. The molecule has 0 bridgehead atoms. The van der Waals surface area contributed by atoms with E-state index in [0.29, 0.717) is 12.5 Å². The van der Waals surface area contributed by atoms with E-state index in [1.165, 1.54) is 11.1 Å². The number of anilines is 1. The molecule has 3 rings (SSSR count). The number of aliphatic imine (C=N–C) groups is 1. The molecule has 0 radical (unpaired) electrons. The molecule has 0 saturated carbocycles. The summed E-state index contributed by atoms with van der Waals surface area (Å²) in [7, 11) is 1.92. The molecule has 1 heterocycles. The van der Waals surface area contributed by atoms with Crippen LogP contribution in [0, 0.1) is 0 Å². The first-order valence-electron chi connectivity index (χ1n) is 9.38. The van der Waals surface area contributed by atoms with Crippen molar-refractivity contribution in [2.45, 2.75) is 33.2 Å². The number of hydrogen-bond acceptors (Lipinski definition) is 2. The molecule has 0 saturated heterocycles. The van der Waals surface area contributed by atoms with Gasteiger partial charge in [0.25, 0.3) is 0 Å². The molecular formula is C22H28IN5. The lowest BCUT2D eigenvalue weighted by atomic mass is 10.0. The number of nitrogens with zero attached hydrogens (tertiary/aromatic N) is 3. The van der Waals surface area contributed by atoms with Crippen LogP contribution in [-0.4, -0.2) is 15.7 Å². The van der Waals surface area contributed by atoms with Crippen LogP contribution in [0.15, 0.2) is 59.7 Å². The summed E-state index contributed by atoms with van der Waals surface area (Å²) >= 11 is 0. The molecule has 0 fully saturated rings. The van der Waals surface area contributed by atoms with Gasteiger partial charge in [0.1, 0.15) is 0 Å². The largest absolute Gasteiger partial charge is 0.370 e. The number of nitrogens with one attached hydrogen (secondary N) is 1. The van der Waals surface area contributed by atoms with Gasteiger partial charge < -0.3 is 11.1 Å². The second kappa shape index (κ2) is 10.3. The maximum absolute atomic E-state index is 6.21. The van der Waals surface area contributed by atoms with Crippen LogP contribution in [0.25, 0.3) is 11.3 Å². The highest BCUT2D eigenvalue weighted by atomic mass is 127. The highest BCUT2D eigenvalue weighted by Gasteiger charge is 2.11. The zero-order valence-electron chi connectivity index (χ0n) is 16.6. The molecule has 28 heavy (non-hydrogen) atoms. The quantitative estimate of drug-likeness (QED) is 0.298. The van der Waals surface area contributed by atoms with Crippen molar-refractivity contribution in [1.29, 1.82) is 0 Å². The van der Waals surface area contributed by atoms with E-state index in [2.05, 4.69) is 59.6 Å². The van der Waals surface area contributed by atoms with Crippen molar-refractivity contribution < 1.29 is 0 Å². The lowest BCUT2D eigenvalue weighted by molar-refractivity contribution is 0.769. The summed E-state index contributed by atoms with van der Waals surface area (Å²) in [6.07, 6.45) is 3.89. The summed E-state index contributed by atoms with van der Waals surface area (Å²) in [6.45, 7) is 4.77. The van der Waals surface area contributed by atoms with Crippen LogP contribution in [0.4, 0.5) is 5.69 Å². The van der Waals surface area contributed by atoms with E-state index in [4.69, 9.17) is 5.73 Å². The van der Waals surface area contributed by atoms with Crippen LogP contribution >= 0.6 is 24.0 Å². The Kier molecular flexibility index (Phi) is 8.04. The Morgan fingerprint density at radius 3 is 2.25 bits per heavy atom. The number of hydrogen-bond donors (Lipinski definition) is 2. The molecule has 0 spiro atoms. The van der Waals surface area contributed by atoms with Crippen LogP contribution in [0.1, 0.15) is 30.5 Å². The van der Waals surface area contributed by atoms with Crippen molar-refractivity contribution >= 4 is 35.6 Å². The third-order valence-electron chi connectivity index (χ3n) is 4.62. The summed E-state index contributed by atoms with van der Waals surface area (Å²) in [4.78, 5) is 4.57. The Labute approximate surface area is 184 Å². The lowest BCUT2D eigenvalue weighted by Crippen LogP contribution is -2.24. The number of para-hydroxylation sites is 1. The smallest absolute Gasteiger partial charge is 0.193 e. The predicted molar refractivity (Wildman–Crippen MR) is 128 cm³/mol. The van der Waals surface area contributed by atoms with Gasteiger partial charge in [0, 0.05) is 30.1 Å². The van der Waals surface area contributed by atoms with Gasteiger partial charge in [0.05, 0.1) is 12.2 Å². The Bertz CT molecular complexity index is 909. The number of aromatic nitrogens is 2. The van der Waals surface area contributed by atoms with Crippen LogP contribution < -0.4 is 11.1 Å². The van der Waals surface area contributed by atoms with Crippen LogP contribution in [0.3, 0.4) is 0 Å². The van der Waals surface area contributed by atoms with E-state index in [9.17, 15) is 0 Å². The highest BCUT2D eigenvalue weighted by molar-refractivity contribution is 14.0. The number of nitrogens with two attached hydrogens (primary N) is 1. The summed E-state index contributed by atoms with van der Waals surface area (Å²) in [5, 5.41) is 7.90. The molecule has 2 aromatic carbocycles. The van der Waals surface area contributed by atoms with Gasteiger partial charge >= 0.3 is 0 Å². The van der Waals surface area contributed by atoms with Gasteiger partial charge in [-0.25, -0.2) is 4.99 Å². The molecule has 0 aliphatic heterocycles. The monoisotopic (exact) mass is 489 g/mol. The SMILES string of the molecule is CCc1cccc(CC)c1NC(N)=NCc1cn(C)nc1-c1ccccc1.I. The summed E-state index contributed by atoms with van der Waals surface area (Å²) < 4.78 is 1.82. The first-order chi connectivity index (χ1) is 13.1. The molecule has 0 aliphatic rings.